The average molecular weight is 294 g/mol. The molecular weight excluding hydrogens is 264 g/mol. The Morgan fingerprint density at radius 2 is 1.95 bits per heavy atom. The SMILES string of the molecule is CCCCN(CC)C(CN)c1ccc(OCC)c(OC)c1. The van der Waals surface area contributed by atoms with Crippen molar-refractivity contribution in [2.24, 2.45) is 5.73 Å². The number of unbranched alkanes of at least 4 members (excludes halogenated alkanes) is 1. The van der Waals surface area contributed by atoms with E-state index in [2.05, 4.69) is 30.9 Å². The Morgan fingerprint density at radius 1 is 1.19 bits per heavy atom. The zero-order valence-electron chi connectivity index (χ0n) is 13.9. The summed E-state index contributed by atoms with van der Waals surface area (Å²) in [5.41, 5.74) is 7.22. The van der Waals surface area contributed by atoms with Gasteiger partial charge in [-0.1, -0.05) is 26.3 Å². The van der Waals surface area contributed by atoms with Gasteiger partial charge in [-0.05, 0) is 44.1 Å². The molecule has 1 aromatic rings. The van der Waals surface area contributed by atoms with Gasteiger partial charge in [-0.2, -0.15) is 0 Å². The van der Waals surface area contributed by atoms with Crippen molar-refractivity contribution in [3.63, 3.8) is 0 Å². The second-order valence-corrected chi connectivity index (χ2v) is 5.08. The van der Waals surface area contributed by atoms with Crippen molar-refractivity contribution in [2.75, 3.05) is 33.4 Å². The maximum absolute atomic E-state index is 6.03. The summed E-state index contributed by atoms with van der Waals surface area (Å²) in [6.45, 7) is 9.68. The number of benzene rings is 1. The van der Waals surface area contributed by atoms with Crippen molar-refractivity contribution in [3.05, 3.63) is 23.8 Å². The second-order valence-electron chi connectivity index (χ2n) is 5.08. The van der Waals surface area contributed by atoms with Crippen LogP contribution in [0.3, 0.4) is 0 Å². The third kappa shape index (κ3) is 4.90. The molecule has 0 aliphatic carbocycles. The summed E-state index contributed by atoms with van der Waals surface area (Å²) in [4.78, 5) is 2.43. The fraction of sp³-hybridized carbons (Fsp3) is 0.647. The van der Waals surface area contributed by atoms with E-state index >= 15 is 0 Å². The van der Waals surface area contributed by atoms with Gasteiger partial charge in [0.2, 0.25) is 0 Å². The molecule has 0 aromatic heterocycles. The molecule has 2 N–H and O–H groups in total. The highest BCUT2D eigenvalue weighted by atomic mass is 16.5. The summed E-state index contributed by atoms with van der Waals surface area (Å²) in [5, 5.41) is 0. The molecule has 21 heavy (non-hydrogen) atoms. The zero-order chi connectivity index (χ0) is 15.7. The topological polar surface area (TPSA) is 47.7 Å². The molecule has 0 saturated carbocycles. The number of ether oxygens (including phenoxy) is 2. The van der Waals surface area contributed by atoms with Crippen molar-refractivity contribution in [3.8, 4) is 11.5 Å². The van der Waals surface area contributed by atoms with Gasteiger partial charge in [0.15, 0.2) is 11.5 Å². The Morgan fingerprint density at radius 3 is 2.48 bits per heavy atom. The third-order valence-corrected chi connectivity index (χ3v) is 3.74. The van der Waals surface area contributed by atoms with E-state index in [0.29, 0.717) is 13.2 Å². The Labute approximate surface area is 129 Å². The number of nitrogens with two attached hydrogens (primary N) is 1. The second kappa shape index (κ2) is 9.64. The van der Waals surface area contributed by atoms with Crippen molar-refractivity contribution < 1.29 is 9.47 Å². The largest absolute Gasteiger partial charge is 0.493 e. The van der Waals surface area contributed by atoms with Crippen molar-refractivity contribution >= 4 is 0 Å². The molecule has 1 unspecified atom stereocenters. The minimum absolute atomic E-state index is 0.228. The van der Waals surface area contributed by atoms with E-state index in [9.17, 15) is 0 Å². The molecule has 0 aliphatic heterocycles. The van der Waals surface area contributed by atoms with Crippen molar-refractivity contribution in [2.45, 2.75) is 39.7 Å². The summed E-state index contributed by atoms with van der Waals surface area (Å²) in [5.74, 6) is 1.57. The standard InChI is InChI=1S/C17H30N2O2/c1-5-8-11-19(6-2)15(13-18)14-9-10-16(21-7-3)17(12-14)20-4/h9-10,12,15H,5-8,11,13,18H2,1-4H3. The van der Waals surface area contributed by atoms with E-state index in [1.165, 1.54) is 18.4 Å². The van der Waals surface area contributed by atoms with Gasteiger partial charge in [-0.15, -0.1) is 0 Å². The van der Waals surface area contributed by atoms with Crippen LogP contribution in [0.4, 0.5) is 0 Å². The molecule has 0 saturated heterocycles. The lowest BCUT2D eigenvalue weighted by Crippen LogP contribution is -2.34. The molecule has 0 heterocycles. The van der Waals surface area contributed by atoms with Gasteiger partial charge in [0, 0.05) is 12.6 Å². The van der Waals surface area contributed by atoms with Crippen LogP contribution < -0.4 is 15.2 Å². The van der Waals surface area contributed by atoms with Gasteiger partial charge in [0.25, 0.3) is 0 Å². The Balaban J connectivity index is 2.98. The number of hydrogen-bond donors (Lipinski definition) is 1. The van der Waals surface area contributed by atoms with Crippen LogP contribution in [0.2, 0.25) is 0 Å². The molecule has 4 nitrogen and oxygen atoms in total. The van der Waals surface area contributed by atoms with Crippen LogP contribution in [-0.4, -0.2) is 38.3 Å². The van der Waals surface area contributed by atoms with Crippen LogP contribution in [0.15, 0.2) is 18.2 Å². The molecule has 0 bridgehead atoms. The number of nitrogens with zero attached hydrogens (tertiary/aromatic N) is 1. The molecule has 120 valence electrons. The third-order valence-electron chi connectivity index (χ3n) is 3.74. The highest BCUT2D eigenvalue weighted by Gasteiger charge is 2.19. The molecule has 0 fully saturated rings. The lowest BCUT2D eigenvalue weighted by atomic mass is 10.0. The fourth-order valence-corrected chi connectivity index (χ4v) is 2.56. The maximum Gasteiger partial charge on any atom is 0.161 e. The first-order chi connectivity index (χ1) is 10.2. The first-order valence-corrected chi connectivity index (χ1v) is 7.96. The molecule has 0 spiro atoms. The molecule has 1 aromatic carbocycles. The van der Waals surface area contributed by atoms with E-state index in [4.69, 9.17) is 15.2 Å². The van der Waals surface area contributed by atoms with Crippen LogP contribution in [0.1, 0.15) is 45.2 Å². The van der Waals surface area contributed by atoms with Crippen LogP contribution in [0.5, 0.6) is 11.5 Å². The van der Waals surface area contributed by atoms with Gasteiger partial charge >= 0.3 is 0 Å². The van der Waals surface area contributed by atoms with Gasteiger partial charge in [0.05, 0.1) is 13.7 Å². The monoisotopic (exact) mass is 294 g/mol. The molecular formula is C17H30N2O2. The lowest BCUT2D eigenvalue weighted by Gasteiger charge is -2.30. The molecule has 0 aliphatic rings. The molecule has 4 heteroatoms. The van der Waals surface area contributed by atoms with Gasteiger partial charge < -0.3 is 15.2 Å². The number of hydrogen-bond acceptors (Lipinski definition) is 4. The summed E-state index contributed by atoms with van der Waals surface area (Å²) in [7, 11) is 1.67. The summed E-state index contributed by atoms with van der Waals surface area (Å²) in [6.07, 6.45) is 2.39. The smallest absolute Gasteiger partial charge is 0.161 e. The van der Waals surface area contributed by atoms with Gasteiger partial charge in [-0.25, -0.2) is 0 Å². The van der Waals surface area contributed by atoms with E-state index in [1.807, 2.05) is 13.0 Å². The normalized spacial score (nSPS) is 12.5. The first kappa shape index (κ1) is 17.8. The Kier molecular flexibility index (Phi) is 8.16. The Bertz CT molecular complexity index is 410. The molecule has 0 radical (unpaired) electrons. The minimum atomic E-state index is 0.228. The predicted molar refractivity (Wildman–Crippen MR) is 88.1 cm³/mol. The molecule has 1 atom stereocenters. The van der Waals surface area contributed by atoms with E-state index in [-0.39, 0.29) is 6.04 Å². The molecule has 1 rings (SSSR count). The van der Waals surface area contributed by atoms with Crippen LogP contribution in [0, 0.1) is 0 Å². The van der Waals surface area contributed by atoms with Gasteiger partial charge in [0.1, 0.15) is 0 Å². The summed E-state index contributed by atoms with van der Waals surface area (Å²) < 4.78 is 11.0. The number of methoxy groups -OCH3 is 1. The van der Waals surface area contributed by atoms with Crippen molar-refractivity contribution in [1.82, 2.24) is 4.90 Å². The van der Waals surface area contributed by atoms with Crippen LogP contribution >= 0.6 is 0 Å². The fourth-order valence-electron chi connectivity index (χ4n) is 2.56. The summed E-state index contributed by atoms with van der Waals surface area (Å²) >= 11 is 0. The van der Waals surface area contributed by atoms with Gasteiger partial charge in [-0.3, -0.25) is 4.90 Å². The van der Waals surface area contributed by atoms with Crippen molar-refractivity contribution in [1.29, 1.82) is 0 Å². The van der Waals surface area contributed by atoms with E-state index in [0.717, 1.165) is 24.6 Å². The minimum Gasteiger partial charge on any atom is -0.493 e. The van der Waals surface area contributed by atoms with Crippen LogP contribution in [0.25, 0.3) is 0 Å². The number of likely N-dealkylation sites (N-methyl/N-ethyl adjacent to an activating group) is 1. The summed E-state index contributed by atoms with van der Waals surface area (Å²) in [6, 6.07) is 6.36. The first-order valence-electron chi connectivity index (χ1n) is 7.96. The lowest BCUT2D eigenvalue weighted by molar-refractivity contribution is 0.208. The molecule has 0 amide bonds. The highest BCUT2D eigenvalue weighted by Crippen LogP contribution is 2.32. The maximum atomic E-state index is 6.03. The average Bonchev–Trinajstić information content (AvgIpc) is 2.52. The highest BCUT2D eigenvalue weighted by molar-refractivity contribution is 5.44. The van der Waals surface area contributed by atoms with E-state index < -0.39 is 0 Å². The zero-order valence-corrected chi connectivity index (χ0v) is 13.9. The van der Waals surface area contributed by atoms with E-state index in [1.54, 1.807) is 7.11 Å². The quantitative estimate of drug-likeness (QED) is 0.720. The number of rotatable bonds is 10. The van der Waals surface area contributed by atoms with Crippen LogP contribution in [-0.2, 0) is 0 Å². The predicted octanol–water partition coefficient (Wildman–Crippen LogP) is 3.22. The Hall–Kier alpha value is -1.26.